The van der Waals surface area contributed by atoms with Crippen LogP contribution in [0.5, 0.6) is 5.75 Å². The number of amides is 2. The highest BCUT2D eigenvalue weighted by molar-refractivity contribution is 5.75. The number of hydrogen-bond donors (Lipinski definition) is 2. The molecule has 26 heavy (non-hydrogen) atoms. The summed E-state index contributed by atoms with van der Waals surface area (Å²) in [4.78, 5) is 12.3. The van der Waals surface area contributed by atoms with Gasteiger partial charge in [-0.05, 0) is 43.5 Å². The van der Waals surface area contributed by atoms with Gasteiger partial charge in [0, 0.05) is 12.0 Å². The third-order valence-corrected chi connectivity index (χ3v) is 4.32. The third kappa shape index (κ3) is 4.50. The molecule has 140 valence electrons. The van der Waals surface area contributed by atoms with Crippen LogP contribution in [0.4, 0.5) is 18.0 Å². The summed E-state index contributed by atoms with van der Waals surface area (Å²) in [6.07, 6.45) is -0.475. The van der Waals surface area contributed by atoms with Gasteiger partial charge in [0.25, 0.3) is 0 Å². The molecule has 0 bridgehead atoms. The molecule has 2 atom stereocenters. The molecule has 0 radical (unpaired) electrons. The number of furan rings is 1. The topological polar surface area (TPSA) is 63.5 Å². The first-order valence-electron chi connectivity index (χ1n) is 8.31. The van der Waals surface area contributed by atoms with Crippen molar-refractivity contribution in [2.24, 2.45) is 0 Å². The van der Waals surface area contributed by atoms with Gasteiger partial charge in [0.15, 0.2) is 0 Å². The summed E-state index contributed by atoms with van der Waals surface area (Å²) in [5, 5.41) is 5.71. The monoisotopic (exact) mass is 368 g/mol. The Balaban J connectivity index is 1.56. The first-order chi connectivity index (χ1) is 12.3. The van der Waals surface area contributed by atoms with Crippen molar-refractivity contribution in [1.29, 1.82) is 0 Å². The fraction of sp³-hybridized carbons (Fsp3) is 0.389. The molecular weight excluding hydrogens is 349 g/mol. The van der Waals surface area contributed by atoms with Gasteiger partial charge in [-0.2, -0.15) is 0 Å². The summed E-state index contributed by atoms with van der Waals surface area (Å²) in [5.41, 5.74) is 1.66. The van der Waals surface area contributed by atoms with Gasteiger partial charge in [-0.25, -0.2) is 4.79 Å². The van der Waals surface area contributed by atoms with Crippen LogP contribution in [0.25, 0.3) is 0 Å². The number of carbonyl (C=O) groups is 1. The first kappa shape index (κ1) is 18.2. The molecule has 3 rings (SSSR count). The zero-order valence-electron chi connectivity index (χ0n) is 14.1. The van der Waals surface area contributed by atoms with Gasteiger partial charge in [0.1, 0.15) is 11.5 Å². The molecule has 5 nitrogen and oxygen atoms in total. The second-order valence-electron chi connectivity index (χ2n) is 6.20. The maximum absolute atomic E-state index is 12.3. The summed E-state index contributed by atoms with van der Waals surface area (Å²) in [6.45, 7) is 1.75. The van der Waals surface area contributed by atoms with E-state index in [1.54, 1.807) is 13.2 Å². The number of urea groups is 1. The number of ether oxygens (including phenoxy) is 1. The molecular formula is C18H19F3N2O3. The highest BCUT2D eigenvalue weighted by Crippen LogP contribution is 2.30. The van der Waals surface area contributed by atoms with Gasteiger partial charge < -0.3 is 19.8 Å². The Bertz CT molecular complexity index is 756. The molecule has 1 heterocycles. The predicted octanol–water partition coefficient (Wildman–Crippen LogP) is 4.62. The summed E-state index contributed by atoms with van der Waals surface area (Å²) >= 11 is 0. The molecule has 2 unspecified atom stereocenters. The molecule has 1 aliphatic rings. The Hall–Kier alpha value is -2.64. The van der Waals surface area contributed by atoms with Crippen molar-refractivity contribution in [1.82, 2.24) is 10.6 Å². The van der Waals surface area contributed by atoms with E-state index in [0.717, 1.165) is 30.6 Å². The molecule has 2 N–H and O–H groups in total. The van der Waals surface area contributed by atoms with E-state index >= 15 is 0 Å². The summed E-state index contributed by atoms with van der Waals surface area (Å²) in [5.74, 6) is 0.599. The Labute approximate surface area is 148 Å². The maximum atomic E-state index is 12.3. The number of alkyl halides is 3. The van der Waals surface area contributed by atoms with Crippen molar-refractivity contribution in [2.75, 3.05) is 0 Å². The predicted molar refractivity (Wildman–Crippen MR) is 87.6 cm³/mol. The van der Waals surface area contributed by atoms with E-state index in [2.05, 4.69) is 15.4 Å². The average molecular weight is 368 g/mol. The van der Waals surface area contributed by atoms with E-state index in [1.165, 1.54) is 24.3 Å². The highest BCUT2D eigenvalue weighted by Gasteiger charge is 2.31. The van der Waals surface area contributed by atoms with Gasteiger partial charge >= 0.3 is 12.4 Å². The summed E-state index contributed by atoms with van der Waals surface area (Å²) < 4.78 is 45.8. The Morgan fingerprint density at radius 1 is 1.27 bits per heavy atom. The fourth-order valence-corrected chi connectivity index (χ4v) is 3.07. The number of nitrogens with one attached hydrogen (secondary N) is 2. The molecule has 0 aliphatic heterocycles. The third-order valence-electron chi connectivity index (χ3n) is 4.32. The van der Waals surface area contributed by atoms with Crippen LogP contribution in [0.1, 0.15) is 48.7 Å². The number of halogens is 3. The summed E-state index contributed by atoms with van der Waals surface area (Å²) in [6, 6.07) is 6.46. The van der Waals surface area contributed by atoms with Crippen LogP contribution in [0, 0.1) is 0 Å². The van der Waals surface area contributed by atoms with Crippen molar-refractivity contribution < 1.29 is 27.1 Å². The molecule has 1 aliphatic carbocycles. The van der Waals surface area contributed by atoms with E-state index in [1.807, 2.05) is 6.07 Å². The lowest BCUT2D eigenvalue weighted by Gasteiger charge is -2.24. The van der Waals surface area contributed by atoms with Gasteiger partial charge in [0.2, 0.25) is 0 Å². The fourth-order valence-electron chi connectivity index (χ4n) is 3.07. The van der Waals surface area contributed by atoms with Gasteiger partial charge in [-0.1, -0.05) is 12.1 Å². The van der Waals surface area contributed by atoms with Crippen molar-refractivity contribution >= 4 is 6.03 Å². The number of rotatable bonds is 4. The molecule has 0 spiro atoms. The normalized spacial score (nSPS) is 17.9. The van der Waals surface area contributed by atoms with E-state index < -0.39 is 6.36 Å². The number of aryl methyl sites for hydroxylation is 1. The molecule has 0 fully saturated rings. The molecule has 0 saturated heterocycles. The molecule has 0 saturated carbocycles. The van der Waals surface area contributed by atoms with E-state index in [4.69, 9.17) is 4.42 Å². The zero-order valence-corrected chi connectivity index (χ0v) is 14.1. The van der Waals surface area contributed by atoms with Crippen LogP contribution in [0.2, 0.25) is 0 Å². The molecule has 2 amide bonds. The Kier molecular flexibility index (Phi) is 5.11. The molecule has 1 aromatic carbocycles. The molecule has 2 aromatic rings. The van der Waals surface area contributed by atoms with Gasteiger partial charge in [-0.15, -0.1) is 13.2 Å². The first-order valence-corrected chi connectivity index (χ1v) is 8.31. The summed E-state index contributed by atoms with van der Waals surface area (Å²) in [7, 11) is 0. The smallest absolute Gasteiger partial charge is 0.469 e. The lowest BCUT2D eigenvalue weighted by atomic mass is 9.93. The van der Waals surface area contributed by atoms with Crippen molar-refractivity contribution in [3.05, 3.63) is 53.5 Å². The second kappa shape index (κ2) is 7.31. The highest BCUT2D eigenvalue weighted by atomic mass is 19.4. The van der Waals surface area contributed by atoms with E-state index in [0.29, 0.717) is 5.56 Å². The van der Waals surface area contributed by atoms with Crippen LogP contribution in [0.3, 0.4) is 0 Å². The van der Waals surface area contributed by atoms with Crippen LogP contribution < -0.4 is 15.4 Å². The zero-order chi connectivity index (χ0) is 18.7. The van der Waals surface area contributed by atoms with Crippen LogP contribution in [-0.2, 0) is 6.42 Å². The van der Waals surface area contributed by atoms with E-state index in [-0.39, 0.29) is 23.9 Å². The van der Waals surface area contributed by atoms with Crippen molar-refractivity contribution in [2.45, 2.75) is 44.6 Å². The Morgan fingerprint density at radius 2 is 2.00 bits per heavy atom. The van der Waals surface area contributed by atoms with Crippen LogP contribution in [-0.4, -0.2) is 12.4 Å². The lowest BCUT2D eigenvalue weighted by molar-refractivity contribution is -0.274. The largest absolute Gasteiger partial charge is 0.573 e. The van der Waals surface area contributed by atoms with Crippen LogP contribution >= 0.6 is 0 Å². The van der Waals surface area contributed by atoms with E-state index in [9.17, 15) is 18.0 Å². The van der Waals surface area contributed by atoms with Crippen molar-refractivity contribution in [3.63, 3.8) is 0 Å². The van der Waals surface area contributed by atoms with Crippen molar-refractivity contribution in [3.8, 4) is 5.75 Å². The Morgan fingerprint density at radius 3 is 2.69 bits per heavy atom. The average Bonchev–Trinajstić information content (AvgIpc) is 3.03. The van der Waals surface area contributed by atoms with Gasteiger partial charge in [-0.3, -0.25) is 0 Å². The molecule has 8 heteroatoms. The number of carbonyl (C=O) groups excluding carboxylic acids is 1. The standard InChI is InChI=1S/C18H19F3N2O3/c1-11(12-5-7-13(8-6-12)26-18(19,20)21)22-17(24)23-15-3-2-4-16-14(15)9-10-25-16/h5-11,15H,2-4H2,1H3,(H2,22,23,24). The number of fused-ring (bicyclic) bond motifs is 1. The quantitative estimate of drug-likeness (QED) is 0.828. The van der Waals surface area contributed by atoms with Gasteiger partial charge in [0.05, 0.1) is 18.3 Å². The maximum Gasteiger partial charge on any atom is 0.573 e. The minimum atomic E-state index is -4.72. The lowest BCUT2D eigenvalue weighted by Crippen LogP contribution is -2.40. The minimum Gasteiger partial charge on any atom is -0.469 e. The molecule has 1 aromatic heterocycles. The number of benzene rings is 1. The second-order valence-corrected chi connectivity index (χ2v) is 6.20. The SMILES string of the molecule is CC(NC(=O)NC1CCCc2occc21)c1ccc(OC(F)(F)F)cc1. The van der Waals surface area contributed by atoms with Crippen LogP contribution in [0.15, 0.2) is 41.0 Å². The minimum absolute atomic E-state index is 0.104. The number of hydrogen-bond acceptors (Lipinski definition) is 3.